The van der Waals surface area contributed by atoms with Crippen molar-refractivity contribution in [2.45, 2.75) is 26.3 Å². The zero-order valence-electron chi connectivity index (χ0n) is 12.1. The summed E-state index contributed by atoms with van der Waals surface area (Å²) in [5.41, 5.74) is 1.87. The first kappa shape index (κ1) is 15.3. The number of para-hydroxylation sites is 1. The van der Waals surface area contributed by atoms with Crippen LogP contribution in [-0.2, 0) is 11.2 Å². The Morgan fingerprint density at radius 1 is 1.19 bits per heavy atom. The van der Waals surface area contributed by atoms with E-state index in [2.05, 4.69) is 10.6 Å². The molecule has 0 radical (unpaired) electrons. The molecule has 5 heteroatoms. The molecule has 0 aliphatic rings. The number of hydrogen-bond donors (Lipinski definition) is 2. The number of nitrogens with one attached hydrogen (secondary N) is 2. The Bertz CT molecular complexity index is 623. The van der Waals surface area contributed by atoms with E-state index in [1.807, 2.05) is 42.6 Å². The SMILES string of the molecule is CCc1ccccc1NC(=O)C(C)NC(=O)c1cccs1. The van der Waals surface area contributed by atoms with Crippen molar-refractivity contribution in [1.82, 2.24) is 5.32 Å². The van der Waals surface area contributed by atoms with Gasteiger partial charge < -0.3 is 10.6 Å². The number of carbonyl (C=O) groups excluding carboxylic acids is 2. The molecule has 110 valence electrons. The molecule has 1 aromatic heterocycles. The quantitative estimate of drug-likeness (QED) is 0.892. The summed E-state index contributed by atoms with van der Waals surface area (Å²) in [6.45, 7) is 3.71. The Morgan fingerprint density at radius 2 is 1.95 bits per heavy atom. The van der Waals surface area contributed by atoms with Crippen molar-refractivity contribution in [2.75, 3.05) is 5.32 Å². The molecule has 0 aliphatic heterocycles. The zero-order valence-corrected chi connectivity index (χ0v) is 12.9. The number of anilines is 1. The minimum absolute atomic E-state index is 0.221. The van der Waals surface area contributed by atoms with Gasteiger partial charge in [0.25, 0.3) is 5.91 Å². The Balaban J connectivity index is 1.98. The van der Waals surface area contributed by atoms with E-state index < -0.39 is 6.04 Å². The minimum Gasteiger partial charge on any atom is -0.340 e. The summed E-state index contributed by atoms with van der Waals surface area (Å²) in [6, 6.07) is 10.6. The van der Waals surface area contributed by atoms with Crippen molar-refractivity contribution in [3.05, 3.63) is 52.2 Å². The molecule has 0 aliphatic carbocycles. The molecular weight excluding hydrogens is 284 g/mol. The Hall–Kier alpha value is -2.14. The van der Waals surface area contributed by atoms with Crippen LogP contribution in [0.25, 0.3) is 0 Å². The second-order valence-corrected chi connectivity index (χ2v) is 5.62. The zero-order chi connectivity index (χ0) is 15.2. The average molecular weight is 302 g/mol. The maximum absolute atomic E-state index is 12.2. The normalized spacial score (nSPS) is 11.7. The highest BCUT2D eigenvalue weighted by atomic mass is 32.1. The highest BCUT2D eigenvalue weighted by Gasteiger charge is 2.17. The molecule has 1 unspecified atom stereocenters. The lowest BCUT2D eigenvalue weighted by atomic mass is 10.1. The Labute approximate surface area is 128 Å². The Morgan fingerprint density at radius 3 is 2.62 bits per heavy atom. The van der Waals surface area contributed by atoms with Gasteiger partial charge in [-0.25, -0.2) is 0 Å². The monoisotopic (exact) mass is 302 g/mol. The lowest BCUT2D eigenvalue weighted by Crippen LogP contribution is -2.41. The molecule has 2 N–H and O–H groups in total. The average Bonchev–Trinajstić information content (AvgIpc) is 3.02. The predicted molar refractivity (Wildman–Crippen MR) is 85.7 cm³/mol. The molecule has 4 nitrogen and oxygen atoms in total. The molecule has 0 saturated carbocycles. The fourth-order valence-corrected chi connectivity index (χ4v) is 2.56. The predicted octanol–water partition coefficient (Wildman–Crippen LogP) is 3.07. The number of amides is 2. The first-order valence-corrected chi connectivity index (χ1v) is 7.73. The standard InChI is InChI=1S/C16H18N2O2S/c1-3-12-7-4-5-8-13(12)18-15(19)11(2)17-16(20)14-9-6-10-21-14/h4-11H,3H2,1-2H3,(H,17,20)(H,18,19). The molecule has 0 saturated heterocycles. The molecule has 0 fully saturated rings. The maximum atomic E-state index is 12.2. The summed E-state index contributed by atoms with van der Waals surface area (Å²) in [5.74, 6) is -0.447. The van der Waals surface area contributed by atoms with E-state index in [4.69, 9.17) is 0 Å². The maximum Gasteiger partial charge on any atom is 0.261 e. The first-order valence-electron chi connectivity index (χ1n) is 6.85. The molecule has 21 heavy (non-hydrogen) atoms. The molecule has 2 amide bonds. The van der Waals surface area contributed by atoms with Gasteiger partial charge in [-0.2, -0.15) is 0 Å². The summed E-state index contributed by atoms with van der Waals surface area (Å²) in [6.07, 6.45) is 0.840. The number of rotatable bonds is 5. The van der Waals surface area contributed by atoms with Crippen LogP contribution in [0.2, 0.25) is 0 Å². The molecule has 1 aromatic carbocycles. The number of hydrogen-bond acceptors (Lipinski definition) is 3. The third kappa shape index (κ3) is 3.92. The van der Waals surface area contributed by atoms with Crippen molar-refractivity contribution in [2.24, 2.45) is 0 Å². The van der Waals surface area contributed by atoms with E-state index in [1.165, 1.54) is 11.3 Å². The number of aryl methyl sites for hydroxylation is 1. The minimum atomic E-state index is -0.593. The van der Waals surface area contributed by atoms with E-state index in [9.17, 15) is 9.59 Å². The third-order valence-corrected chi connectivity index (χ3v) is 4.01. The van der Waals surface area contributed by atoms with Crippen molar-refractivity contribution in [3.63, 3.8) is 0 Å². The molecule has 2 aromatic rings. The van der Waals surface area contributed by atoms with Crippen LogP contribution in [0.1, 0.15) is 29.1 Å². The van der Waals surface area contributed by atoms with Gasteiger partial charge >= 0.3 is 0 Å². The summed E-state index contributed by atoms with van der Waals surface area (Å²) in [7, 11) is 0. The van der Waals surface area contributed by atoms with E-state index in [0.29, 0.717) is 4.88 Å². The molecular formula is C16H18N2O2S. The van der Waals surface area contributed by atoms with Crippen molar-refractivity contribution in [1.29, 1.82) is 0 Å². The van der Waals surface area contributed by atoms with E-state index in [0.717, 1.165) is 17.7 Å². The van der Waals surface area contributed by atoms with Gasteiger partial charge in [-0.3, -0.25) is 9.59 Å². The van der Waals surface area contributed by atoms with Crippen molar-refractivity contribution >= 4 is 28.8 Å². The van der Waals surface area contributed by atoms with Crippen LogP contribution in [0.3, 0.4) is 0 Å². The summed E-state index contributed by atoms with van der Waals surface area (Å²) < 4.78 is 0. The van der Waals surface area contributed by atoms with Crippen LogP contribution in [0.4, 0.5) is 5.69 Å². The van der Waals surface area contributed by atoms with Crippen LogP contribution in [0, 0.1) is 0 Å². The van der Waals surface area contributed by atoms with E-state index >= 15 is 0 Å². The highest BCUT2D eigenvalue weighted by Crippen LogP contribution is 2.15. The van der Waals surface area contributed by atoms with Gasteiger partial charge in [-0.15, -0.1) is 11.3 Å². The second-order valence-electron chi connectivity index (χ2n) is 4.67. The van der Waals surface area contributed by atoms with Gasteiger partial charge in [0.1, 0.15) is 6.04 Å². The van der Waals surface area contributed by atoms with Crippen LogP contribution < -0.4 is 10.6 Å². The van der Waals surface area contributed by atoms with Gasteiger partial charge in [-0.05, 0) is 36.4 Å². The van der Waals surface area contributed by atoms with Crippen LogP contribution >= 0.6 is 11.3 Å². The fourth-order valence-electron chi connectivity index (χ4n) is 1.93. The van der Waals surface area contributed by atoms with Crippen LogP contribution in [-0.4, -0.2) is 17.9 Å². The number of benzene rings is 1. The van der Waals surface area contributed by atoms with Crippen LogP contribution in [0.5, 0.6) is 0 Å². The third-order valence-electron chi connectivity index (χ3n) is 3.14. The topological polar surface area (TPSA) is 58.2 Å². The number of thiophene rings is 1. The first-order chi connectivity index (χ1) is 10.1. The van der Waals surface area contributed by atoms with Gasteiger partial charge in [0.2, 0.25) is 5.91 Å². The molecule has 0 bridgehead atoms. The van der Waals surface area contributed by atoms with Crippen LogP contribution in [0.15, 0.2) is 41.8 Å². The lowest BCUT2D eigenvalue weighted by Gasteiger charge is -2.15. The van der Waals surface area contributed by atoms with Gasteiger partial charge in [0.15, 0.2) is 0 Å². The molecule has 2 rings (SSSR count). The molecule has 1 atom stereocenters. The smallest absolute Gasteiger partial charge is 0.261 e. The Kier molecular flexibility index (Phi) is 5.11. The largest absolute Gasteiger partial charge is 0.340 e. The summed E-state index contributed by atoms with van der Waals surface area (Å²) in [4.78, 5) is 24.7. The van der Waals surface area contributed by atoms with E-state index in [-0.39, 0.29) is 11.8 Å². The fraction of sp³-hybridized carbons (Fsp3) is 0.250. The van der Waals surface area contributed by atoms with Gasteiger partial charge in [0, 0.05) is 5.69 Å². The second kappa shape index (κ2) is 7.04. The lowest BCUT2D eigenvalue weighted by molar-refractivity contribution is -0.117. The van der Waals surface area contributed by atoms with Gasteiger partial charge in [0.05, 0.1) is 4.88 Å². The van der Waals surface area contributed by atoms with E-state index in [1.54, 1.807) is 13.0 Å². The van der Waals surface area contributed by atoms with Crippen molar-refractivity contribution in [3.8, 4) is 0 Å². The number of carbonyl (C=O) groups is 2. The van der Waals surface area contributed by atoms with Gasteiger partial charge in [-0.1, -0.05) is 31.2 Å². The molecule has 1 heterocycles. The summed E-state index contributed by atoms with van der Waals surface area (Å²) >= 11 is 1.35. The molecule has 0 spiro atoms. The highest BCUT2D eigenvalue weighted by molar-refractivity contribution is 7.12. The summed E-state index contributed by atoms with van der Waals surface area (Å²) in [5, 5.41) is 7.39. The van der Waals surface area contributed by atoms with Crippen molar-refractivity contribution < 1.29 is 9.59 Å².